The van der Waals surface area contributed by atoms with Gasteiger partial charge in [-0.2, -0.15) is 0 Å². The minimum atomic E-state index is -0.963. The van der Waals surface area contributed by atoms with Gasteiger partial charge in [0.15, 0.2) is 0 Å². The SMILES string of the molecule is CC(=O)NCCN(Cc1ccc(Br)c(F)c1)C(C)C(=O)O. The van der Waals surface area contributed by atoms with Crippen LogP contribution in [0.5, 0.6) is 0 Å². The van der Waals surface area contributed by atoms with Crippen LogP contribution in [0.2, 0.25) is 0 Å². The van der Waals surface area contributed by atoms with Crippen LogP contribution in [0, 0.1) is 5.82 Å². The number of benzene rings is 1. The predicted molar refractivity (Wildman–Crippen MR) is 80.3 cm³/mol. The van der Waals surface area contributed by atoms with Gasteiger partial charge in [-0.3, -0.25) is 14.5 Å². The van der Waals surface area contributed by atoms with Gasteiger partial charge in [-0.25, -0.2) is 4.39 Å². The van der Waals surface area contributed by atoms with E-state index in [1.54, 1.807) is 24.0 Å². The van der Waals surface area contributed by atoms with Crippen molar-refractivity contribution in [3.63, 3.8) is 0 Å². The number of nitrogens with zero attached hydrogens (tertiary/aromatic N) is 1. The molecule has 21 heavy (non-hydrogen) atoms. The Morgan fingerprint density at radius 1 is 1.48 bits per heavy atom. The summed E-state index contributed by atoms with van der Waals surface area (Å²) in [5, 5.41) is 11.7. The highest BCUT2D eigenvalue weighted by Gasteiger charge is 2.20. The number of amides is 1. The highest BCUT2D eigenvalue weighted by atomic mass is 79.9. The molecule has 1 amide bonds. The molecule has 0 aliphatic heterocycles. The molecule has 0 saturated carbocycles. The quantitative estimate of drug-likeness (QED) is 0.780. The van der Waals surface area contributed by atoms with Crippen molar-refractivity contribution in [2.75, 3.05) is 13.1 Å². The van der Waals surface area contributed by atoms with Crippen molar-refractivity contribution < 1.29 is 19.1 Å². The highest BCUT2D eigenvalue weighted by Crippen LogP contribution is 2.18. The average molecular weight is 361 g/mol. The van der Waals surface area contributed by atoms with Gasteiger partial charge in [0.1, 0.15) is 11.9 Å². The van der Waals surface area contributed by atoms with Crippen LogP contribution in [-0.2, 0) is 16.1 Å². The zero-order valence-corrected chi connectivity index (χ0v) is 13.5. The lowest BCUT2D eigenvalue weighted by Crippen LogP contribution is -2.42. The van der Waals surface area contributed by atoms with E-state index in [1.807, 2.05) is 0 Å². The Kier molecular flexibility index (Phi) is 6.77. The fourth-order valence-electron chi connectivity index (χ4n) is 1.81. The molecule has 7 heteroatoms. The maximum Gasteiger partial charge on any atom is 0.320 e. The molecule has 0 spiro atoms. The van der Waals surface area contributed by atoms with Gasteiger partial charge in [0.05, 0.1) is 4.47 Å². The summed E-state index contributed by atoms with van der Waals surface area (Å²) >= 11 is 3.08. The molecule has 1 unspecified atom stereocenters. The third kappa shape index (κ3) is 5.81. The average Bonchev–Trinajstić information content (AvgIpc) is 2.40. The Hall–Kier alpha value is -1.47. The lowest BCUT2D eigenvalue weighted by atomic mass is 10.1. The van der Waals surface area contributed by atoms with E-state index in [9.17, 15) is 14.0 Å². The standard InChI is InChI=1S/C14H18BrFN2O3/c1-9(14(20)21)18(6-5-17-10(2)19)8-11-3-4-12(15)13(16)7-11/h3-4,7,9H,5-6,8H2,1-2H3,(H,17,19)(H,20,21). The molecule has 0 aromatic heterocycles. The molecule has 2 N–H and O–H groups in total. The minimum Gasteiger partial charge on any atom is -0.480 e. The van der Waals surface area contributed by atoms with Gasteiger partial charge in [-0.15, -0.1) is 0 Å². The molecule has 0 aliphatic carbocycles. The molecule has 0 saturated heterocycles. The van der Waals surface area contributed by atoms with Gasteiger partial charge in [0.2, 0.25) is 5.91 Å². The van der Waals surface area contributed by atoms with Crippen molar-refractivity contribution in [3.05, 3.63) is 34.1 Å². The number of hydrogen-bond donors (Lipinski definition) is 2. The Morgan fingerprint density at radius 3 is 2.67 bits per heavy atom. The Labute approximate surface area is 131 Å². The zero-order chi connectivity index (χ0) is 16.0. The highest BCUT2D eigenvalue weighted by molar-refractivity contribution is 9.10. The second-order valence-corrected chi connectivity index (χ2v) is 5.57. The maximum absolute atomic E-state index is 13.5. The van der Waals surface area contributed by atoms with Gasteiger partial charge >= 0.3 is 5.97 Å². The number of carboxylic acids is 1. The number of hydrogen-bond acceptors (Lipinski definition) is 3. The first-order valence-electron chi connectivity index (χ1n) is 6.46. The summed E-state index contributed by atoms with van der Waals surface area (Å²) in [7, 11) is 0. The van der Waals surface area contributed by atoms with E-state index in [0.29, 0.717) is 23.1 Å². The molecule has 0 radical (unpaired) electrons. The molecule has 5 nitrogen and oxygen atoms in total. The summed E-state index contributed by atoms with van der Waals surface area (Å²) in [5.74, 6) is -1.53. The van der Waals surface area contributed by atoms with Gasteiger partial charge in [0.25, 0.3) is 0 Å². The third-order valence-electron chi connectivity index (χ3n) is 3.05. The van der Waals surface area contributed by atoms with Crippen LogP contribution < -0.4 is 5.32 Å². The third-order valence-corrected chi connectivity index (χ3v) is 3.69. The lowest BCUT2D eigenvalue weighted by molar-refractivity contribution is -0.142. The summed E-state index contributed by atoms with van der Waals surface area (Å²) in [6.45, 7) is 3.95. The summed E-state index contributed by atoms with van der Waals surface area (Å²) in [6, 6.07) is 3.95. The van der Waals surface area contributed by atoms with Crippen LogP contribution in [0.1, 0.15) is 19.4 Å². The first kappa shape index (κ1) is 17.6. The van der Waals surface area contributed by atoms with Crippen LogP contribution in [0.4, 0.5) is 4.39 Å². The van der Waals surface area contributed by atoms with Crippen molar-refractivity contribution in [2.24, 2.45) is 0 Å². The Bertz CT molecular complexity index is 525. The van der Waals surface area contributed by atoms with Gasteiger partial charge in [-0.1, -0.05) is 6.07 Å². The number of carboxylic acid groups (broad SMARTS) is 1. The van der Waals surface area contributed by atoms with Crippen LogP contribution in [0.25, 0.3) is 0 Å². The second kappa shape index (κ2) is 8.09. The predicted octanol–water partition coefficient (Wildman–Crippen LogP) is 2.00. The van der Waals surface area contributed by atoms with E-state index < -0.39 is 17.8 Å². The molecular weight excluding hydrogens is 343 g/mol. The lowest BCUT2D eigenvalue weighted by Gasteiger charge is -2.26. The van der Waals surface area contributed by atoms with Crippen LogP contribution in [0.3, 0.4) is 0 Å². The van der Waals surface area contributed by atoms with E-state index in [1.165, 1.54) is 13.0 Å². The largest absolute Gasteiger partial charge is 0.480 e. The Morgan fingerprint density at radius 2 is 2.14 bits per heavy atom. The van der Waals surface area contributed by atoms with E-state index in [-0.39, 0.29) is 12.5 Å². The number of nitrogens with one attached hydrogen (secondary N) is 1. The number of halogens is 2. The number of carbonyl (C=O) groups is 2. The van der Waals surface area contributed by atoms with E-state index in [4.69, 9.17) is 5.11 Å². The molecule has 0 bridgehead atoms. The van der Waals surface area contributed by atoms with Gasteiger partial charge < -0.3 is 10.4 Å². The number of rotatable bonds is 7. The van der Waals surface area contributed by atoms with Crippen molar-refractivity contribution in [1.29, 1.82) is 0 Å². The summed E-state index contributed by atoms with van der Waals surface area (Å²) in [6.07, 6.45) is 0. The van der Waals surface area contributed by atoms with E-state index in [0.717, 1.165) is 0 Å². The van der Waals surface area contributed by atoms with Crippen LogP contribution in [-0.4, -0.2) is 41.0 Å². The zero-order valence-electron chi connectivity index (χ0n) is 11.9. The molecule has 1 atom stereocenters. The molecule has 116 valence electrons. The molecule has 0 heterocycles. The van der Waals surface area contributed by atoms with Crippen LogP contribution in [0.15, 0.2) is 22.7 Å². The van der Waals surface area contributed by atoms with E-state index >= 15 is 0 Å². The van der Waals surface area contributed by atoms with Crippen LogP contribution >= 0.6 is 15.9 Å². The molecule has 1 aromatic rings. The van der Waals surface area contributed by atoms with Crippen molar-refractivity contribution >= 4 is 27.8 Å². The van der Waals surface area contributed by atoms with E-state index in [2.05, 4.69) is 21.2 Å². The normalized spacial score (nSPS) is 12.2. The summed E-state index contributed by atoms with van der Waals surface area (Å²) in [4.78, 5) is 23.7. The van der Waals surface area contributed by atoms with Crippen molar-refractivity contribution in [2.45, 2.75) is 26.4 Å². The second-order valence-electron chi connectivity index (χ2n) is 4.72. The van der Waals surface area contributed by atoms with Crippen molar-refractivity contribution in [3.8, 4) is 0 Å². The molecule has 0 aliphatic rings. The fourth-order valence-corrected chi connectivity index (χ4v) is 2.06. The molecule has 1 aromatic carbocycles. The summed E-state index contributed by atoms with van der Waals surface area (Å²) in [5.41, 5.74) is 0.673. The van der Waals surface area contributed by atoms with Crippen molar-refractivity contribution in [1.82, 2.24) is 10.2 Å². The summed E-state index contributed by atoms with van der Waals surface area (Å²) < 4.78 is 13.9. The fraction of sp³-hybridized carbons (Fsp3) is 0.429. The number of carbonyl (C=O) groups excluding carboxylic acids is 1. The number of aliphatic carboxylic acids is 1. The minimum absolute atomic E-state index is 0.174. The molecular formula is C14H18BrFN2O3. The van der Waals surface area contributed by atoms with Gasteiger partial charge in [0, 0.05) is 26.6 Å². The molecule has 0 fully saturated rings. The topological polar surface area (TPSA) is 69.6 Å². The first-order chi connectivity index (χ1) is 9.81. The monoisotopic (exact) mass is 360 g/mol. The Balaban J connectivity index is 2.77. The van der Waals surface area contributed by atoms with Gasteiger partial charge in [-0.05, 0) is 40.5 Å². The smallest absolute Gasteiger partial charge is 0.320 e. The molecule has 1 rings (SSSR count). The maximum atomic E-state index is 13.5. The first-order valence-corrected chi connectivity index (χ1v) is 7.25.